The van der Waals surface area contributed by atoms with Crippen LogP contribution in [0.3, 0.4) is 0 Å². The summed E-state index contributed by atoms with van der Waals surface area (Å²) in [6.07, 6.45) is 4.25. The Kier molecular flexibility index (Phi) is 4.06. The number of fused-ring (bicyclic) bond motifs is 1. The Morgan fingerprint density at radius 3 is 2.35 bits per heavy atom. The molecule has 1 aromatic carbocycles. The molecule has 0 unspecified atom stereocenters. The molecule has 2 aliphatic heterocycles. The highest BCUT2D eigenvalue weighted by atomic mass is 16.5. The normalized spacial score (nSPS) is 17.4. The molecule has 3 amide bonds. The molecule has 3 heterocycles. The second-order valence-electron chi connectivity index (χ2n) is 6.71. The molecule has 4 rings (SSSR count). The smallest absolute Gasteiger partial charge is 0.267 e. The minimum atomic E-state index is -0.483. The van der Waals surface area contributed by atoms with Crippen LogP contribution in [0.4, 0.5) is 5.82 Å². The third kappa shape index (κ3) is 2.69. The number of aromatic nitrogens is 1. The first kappa shape index (κ1) is 16.5. The average molecular weight is 353 g/mol. The Morgan fingerprint density at radius 1 is 1.00 bits per heavy atom. The maximum atomic E-state index is 12.8. The Balaban J connectivity index is 1.64. The Bertz CT molecular complexity index is 894. The van der Waals surface area contributed by atoms with Gasteiger partial charge in [-0.2, -0.15) is 0 Å². The molecule has 0 radical (unpaired) electrons. The van der Waals surface area contributed by atoms with Gasteiger partial charge in [-0.15, -0.1) is 0 Å². The van der Waals surface area contributed by atoms with Crippen molar-refractivity contribution in [1.82, 2.24) is 10.1 Å². The SMILES string of the molecule is Cc1cc(N2C(=O)c3ccc(C(=O)N4CCCCCC4)cc3C2=O)no1. The predicted octanol–water partition coefficient (Wildman–Crippen LogP) is 2.80. The fourth-order valence-corrected chi connectivity index (χ4v) is 3.50. The van der Waals surface area contributed by atoms with Crippen LogP contribution in [0.2, 0.25) is 0 Å². The molecule has 7 nitrogen and oxygen atoms in total. The van der Waals surface area contributed by atoms with Crippen LogP contribution >= 0.6 is 0 Å². The van der Waals surface area contributed by atoms with Crippen molar-refractivity contribution in [1.29, 1.82) is 0 Å². The summed E-state index contributed by atoms with van der Waals surface area (Å²) in [5.41, 5.74) is 0.948. The maximum Gasteiger partial charge on any atom is 0.267 e. The first-order valence-corrected chi connectivity index (χ1v) is 8.81. The maximum absolute atomic E-state index is 12.8. The van der Waals surface area contributed by atoms with E-state index in [4.69, 9.17) is 4.52 Å². The highest BCUT2D eigenvalue weighted by molar-refractivity contribution is 6.34. The van der Waals surface area contributed by atoms with Gasteiger partial charge in [-0.3, -0.25) is 14.4 Å². The van der Waals surface area contributed by atoms with Gasteiger partial charge in [0.25, 0.3) is 17.7 Å². The van der Waals surface area contributed by atoms with Crippen LogP contribution in [0.1, 0.15) is 62.5 Å². The molecule has 7 heteroatoms. The second-order valence-corrected chi connectivity index (χ2v) is 6.71. The molecule has 26 heavy (non-hydrogen) atoms. The van der Waals surface area contributed by atoms with E-state index in [2.05, 4.69) is 5.16 Å². The van der Waals surface area contributed by atoms with E-state index in [1.165, 1.54) is 12.1 Å². The Labute approximate surface area is 150 Å². The lowest BCUT2D eigenvalue weighted by Gasteiger charge is -2.20. The van der Waals surface area contributed by atoms with Gasteiger partial charge in [0.05, 0.1) is 11.1 Å². The molecule has 0 saturated carbocycles. The van der Waals surface area contributed by atoms with Gasteiger partial charge >= 0.3 is 0 Å². The lowest BCUT2D eigenvalue weighted by atomic mass is 10.0. The highest BCUT2D eigenvalue weighted by Crippen LogP contribution is 2.29. The summed E-state index contributed by atoms with van der Waals surface area (Å²) in [6, 6.07) is 6.23. The van der Waals surface area contributed by atoms with E-state index >= 15 is 0 Å². The number of carbonyl (C=O) groups is 3. The van der Waals surface area contributed by atoms with Crippen LogP contribution in [0.25, 0.3) is 0 Å². The summed E-state index contributed by atoms with van der Waals surface area (Å²) in [7, 11) is 0. The van der Waals surface area contributed by atoms with Crippen molar-refractivity contribution in [3.8, 4) is 0 Å². The molecule has 134 valence electrons. The van der Waals surface area contributed by atoms with Gasteiger partial charge in [0.15, 0.2) is 5.82 Å². The minimum absolute atomic E-state index is 0.0920. The number of benzene rings is 1. The number of rotatable bonds is 2. The van der Waals surface area contributed by atoms with Crippen molar-refractivity contribution in [3.05, 3.63) is 46.7 Å². The van der Waals surface area contributed by atoms with Crippen LogP contribution in [-0.4, -0.2) is 40.9 Å². The Hall–Kier alpha value is -2.96. The standard InChI is InChI=1S/C19H19N3O4/c1-12-10-16(20-26-12)22-18(24)14-7-6-13(11-15(14)19(22)25)17(23)21-8-4-2-3-5-9-21/h6-7,10-11H,2-5,8-9H2,1H3. The van der Waals surface area contributed by atoms with Crippen molar-refractivity contribution in [3.63, 3.8) is 0 Å². The largest absolute Gasteiger partial charge is 0.360 e. The van der Waals surface area contributed by atoms with Gasteiger partial charge in [0.2, 0.25) is 0 Å². The molecule has 0 bridgehead atoms. The van der Waals surface area contributed by atoms with Crippen molar-refractivity contribution in [2.45, 2.75) is 32.6 Å². The number of hydrogen-bond acceptors (Lipinski definition) is 5. The number of imide groups is 1. The average Bonchev–Trinajstić information content (AvgIpc) is 3.03. The van der Waals surface area contributed by atoms with Crippen LogP contribution in [0.5, 0.6) is 0 Å². The molecule has 0 atom stereocenters. The molecular weight excluding hydrogens is 334 g/mol. The number of hydrogen-bond donors (Lipinski definition) is 0. The number of nitrogens with zero attached hydrogens (tertiary/aromatic N) is 3. The predicted molar refractivity (Wildman–Crippen MR) is 93.2 cm³/mol. The first-order valence-electron chi connectivity index (χ1n) is 8.81. The number of amides is 3. The third-order valence-electron chi connectivity index (χ3n) is 4.87. The number of likely N-dealkylation sites (tertiary alicyclic amines) is 1. The van der Waals surface area contributed by atoms with Gasteiger partial charge in [-0.1, -0.05) is 18.0 Å². The quantitative estimate of drug-likeness (QED) is 0.775. The lowest BCUT2D eigenvalue weighted by Crippen LogP contribution is -2.32. The van der Waals surface area contributed by atoms with E-state index in [0.29, 0.717) is 11.3 Å². The zero-order valence-corrected chi connectivity index (χ0v) is 14.5. The van der Waals surface area contributed by atoms with Crippen molar-refractivity contribution >= 4 is 23.5 Å². The number of anilines is 1. The monoisotopic (exact) mass is 353 g/mol. The zero-order valence-electron chi connectivity index (χ0n) is 14.5. The lowest BCUT2D eigenvalue weighted by molar-refractivity contribution is 0.0761. The van der Waals surface area contributed by atoms with Crippen molar-refractivity contribution in [2.24, 2.45) is 0 Å². The molecule has 1 saturated heterocycles. The van der Waals surface area contributed by atoms with E-state index in [1.807, 2.05) is 4.90 Å². The van der Waals surface area contributed by atoms with Gasteiger partial charge in [-0.25, -0.2) is 4.90 Å². The van der Waals surface area contributed by atoms with Crippen molar-refractivity contribution < 1.29 is 18.9 Å². The van der Waals surface area contributed by atoms with Crippen LogP contribution in [0.15, 0.2) is 28.8 Å². The summed E-state index contributed by atoms with van der Waals surface area (Å²) in [6.45, 7) is 3.15. The van der Waals surface area contributed by atoms with Gasteiger partial charge in [0.1, 0.15) is 5.76 Å². The van der Waals surface area contributed by atoms with E-state index < -0.39 is 11.8 Å². The number of aryl methyl sites for hydroxylation is 1. The molecular formula is C19H19N3O4. The number of carbonyl (C=O) groups excluding carboxylic acids is 3. The van der Waals surface area contributed by atoms with E-state index in [1.54, 1.807) is 19.1 Å². The summed E-state index contributed by atoms with van der Waals surface area (Å²) in [5, 5.41) is 3.76. The fourth-order valence-electron chi connectivity index (χ4n) is 3.50. The van der Waals surface area contributed by atoms with E-state index in [-0.39, 0.29) is 22.9 Å². The highest BCUT2D eigenvalue weighted by Gasteiger charge is 2.39. The summed E-state index contributed by atoms with van der Waals surface area (Å²) in [5.74, 6) is -0.357. The van der Waals surface area contributed by atoms with Gasteiger partial charge < -0.3 is 9.42 Å². The molecule has 0 aliphatic carbocycles. The molecule has 2 aliphatic rings. The minimum Gasteiger partial charge on any atom is -0.360 e. The topological polar surface area (TPSA) is 83.7 Å². The van der Waals surface area contributed by atoms with E-state index in [9.17, 15) is 14.4 Å². The molecule has 0 N–H and O–H groups in total. The summed E-state index contributed by atoms with van der Waals surface area (Å²) in [4.78, 5) is 40.9. The molecule has 1 fully saturated rings. The fraction of sp³-hybridized carbons (Fsp3) is 0.368. The Morgan fingerprint density at radius 2 is 1.69 bits per heavy atom. The molecule has 2 aromatic rings. The molecule has 1 aromatic heterocycles. The van der Waals surface area contributed by atoms with Crippen molar-refractivity contribution in [2.75, 3.05) is 18.0 Å². The second kappa shape index (κ2) is 6.40. The third-order valence-corrected chi connectivity index (χ3v) is 4.87. The summed E-state index contributed by atoms with van der Waals surface area (Å²) < 4.78 is 4.97. The van der Waals surface area contributed by atoms with Crippen LogP contribution < -0.4 is 4.90 Å². The first-order chi connectivity index (χ1) is 12.6. The van der Waals surface area contributed by atoms with Gasteiger partial charge in [-0.05, 0) is 38.0 Å². The van der Waals surface area contributed by atoms with Gasteiger partial charge in [0, 0.05) is 24.7 Å². The van der Waals surface area contributed by atoms with Crippen LogP contribution in [0, 0.1) is 6.92 Å². The summed E-state index contributed by atoms with van der Waals surface area (Å²) >= 11 is 0. The zero-order chi connectivity index (χ0) is 18.3. The van der Waals surface area contributed by atoms with E-state index in [0.717, 1.165) is 43.7 Å². The molecule has 0 spiro atoms. The van der Waals surface area contributed by atoms with Crippen LogP contribution in [-0.2, 0) is 0 Å².